The largest absolute Gasteiger partial charge is 0.391 e. The van der Waals surface area contributed by atoms with Crippen LogP contribution in [0.15, 0.2) is 54.7 Å². The Morgan fingerprint density at radius 2 is 2.00 bits per heavy atom. The van der Waals surface area contributed by atoms with Crippen LogP contribution in [0.5, 0.6) is 0 Å². The average Bonchev–Trinajstić information content (AvgIpc) is 3.38. The lowest BCUT2D eigenvalue weighted by atomic mass is 10.1. The van der Waals surface area contributed by atoms with E-state index in [9.17, 15) is 9.90 Å². The molecule has 0 aliphatic heterocycles. The summed E-state index contributed by atoms with van der Waals surface area (Å²) in [5.41, 5.74) is 3.64. The highest BCUT2D eigenvalue weighted by molar-refractivity contribution is 5.94. The monoisotopic (exact) mass is 376 g/mol. The summed E-state index contributed by atoms with van der Waals surface area (Å²) in [6, 6.07) is 14.9. The van der Waals surface area contributed by atoms with E-state index in [0.717, 1.165) is 22.3 Å². The number of aromatic nitrogens is 5. The van der Waals surface area contributed by atoms with E-state index >= 15 is 0 Å². The molecule has 0 bridgehead atoms. The van der Waals surface area contributed by atoms with Crippen molar-refractivity contribution in [2.24, 2.45) is 0 Å². The first-order valence-electron chi connectivity index (χ1n) is 9.08. The molecule has 8 nitrogen and oxygen atoms in total. The zero-order chi connectivity index (χ0) is 19.5. The van der Waals surface area contributed by atoms with Gasteiger partial charge in [-0.15, -0.1) is 5.10 Å². The van der Waals surface area contributed by atoms with Crippen molar-refractivity contribution in [3.63, 3.8) is 0 Å². The lowest BCUT2D eigenvalue weighted by Gasteiger charge is -2.09. The van der Waals surface area contributed by atoms with Crippen LogP contribution < -0.4 is 5.32 Å². The third-order valence-electron chi connectivity index (χ3n) is 4.57. The van der Waals surface area contributed by atoms with Gasteiger partial charge in [0.15, 0.2) is 0 Å². The van der Waals surface area contributed by atoms with Gasteiger partial charge in [0, 0.05) is 17.5 Å². The van der Waals surface area contributed by atoms with E-state index < -0.39 is 6.10 Å². The highest BCUT2D eigenvalue weighted by atomic mass is 16.3. The van der Waals surface area contributed by atoms with Crippen molar-refractivity contribution in [3.05, 3.63) is 60.3 Å². The number of carbonyl (C=O) groups is 1. The summed E-state index contributed by atoms with van der Waals surface area (Å²) in [6.07, 6.45) is 1.86. The summed E-state index contributed by atoms with van der Waals surface area (Å²) < 4.78 is 1.64. The Labute approximate surface area is 161 Å². The zero-order valence-corrected chi connectivity index (χ0v) is 15.3. The molecule has 28 heavy (non-hydrogen) atoms. The smallest absolute Gasteiger partial charge is 0.251 e. The van der Waals surface area contributed by atoms with Gasteiger partial charge in [-0.05, 0) is 36.8 Å². The van der Waals surface area contributed by atoms with Crippen LogP contribution in [0.3, 0.4) is 0 Å². The molecule has 0 aliphatic carbocycles. The highest BCUT2D eigenvalue weighted by Gasteiger charge is 2.13. The van der Waals surface area contributed by atoms with Crippen LogP contribution in [-0.2, 0) is 0 Å². The zero-order valence-electron chi connectivity index (χ0n) is 15.3. The van der Waals surface area contributed by atoms with Gasteiger partial charge < -0.3 is 10.4 Å². The molecule has 1 amide bonds. The minimum Gasteiger partial charge on any atom is -0.391 e. The van der Waals surface area contributed by atoms with Gasteiger partial charge in [-0.2, -0.15) is 5.10 Å². The molecule has 2 heterocycles. The molecule has 8 heteroatoms. The Hall–Kier alpha value is -3.52. The van der Waals surface area contributed by atoms with Crippen LogP contribution in [-0.4, -0.2) is 48.9 Å². The number of hydrogen-bond acceptors (Lipinski definition) is 5. The summed E-state index contributed by atoms with van der Waals surface area (Å²) >= 11 is 0. The van der Waals surface area contributed by atoms with Gasteiger partial charge >= 0.3 is 0 Å². The number of hydrogen-bond donors (Lipinski definition) is 3. The molecule has 0 radical (unpaired) electrons. The molecule has 0 fully saturated rings. The maximum atomic E-state index is 12.1. The maximum absolute atomic E-state index is 12.1. The summed E-state index contributed by atoms with van der Waals surface area (Å²) in [5, 5.41) is 29.0. The quantitative estimate of drug-likeness (QED) is 0.478. The number of rotatable bonds is 6. The lowest BCUT2D eigenvalue weighted by molar-refractivity contribution is 0.0914. The third kappa shape index (κ3) is 3.49. The lowest BCUT2D eigenvalue weighted by Crippen LogP contribution is -2.31. The number of benzene rings is 2. The second kappa shape index (κ2) is 7.61. The molecule has 3 N–H and O–H groups in total. The average molecular weight is 376 g/mol. The predicted octanol–water partition coefficient (Wildman–Crippen LogP) is 2.31. The Bertz CT molecular complexity index is 1100. The molecule has 0 spiro atoms. The molecular formula is C20H20N6O2. The van der Waals surface area contributed by atoms with Crippen molar-refractivity contribution >= 4 is 16.8 Å². The number of nitrogens with zero attached hydrogens (tertiary/aromatic N) is 4. The second-order valence-electron chi connectivity index (χ2n) is 6.49. The third-order valence-corrected chi connectivity index (χ3v) is 4.57. The maximum Gasteiger partial charge on any atom is 0.251 e. The van der Waals surface area contributed by atoms with Gasteiger partial charge in [0.2, 0.25) is 0 Å². The standard InChI is InChI=1S/C20H20N6O2/c1-2-15(27)11-21-20(28)13-7-9-14(10-8-13)26-12-18(23-25-26)19-16-5-3-4-6-17(16)22-24-19/h3-10,12,15,27H,2,11H2,1H3,(H,21,28)(H,22,24). The SMILES string of the molecule is CCC(O)CNC(=O)c1ccc(-n2cc(-c3n[nH]c4ccccc34)nn2)cc1. The molecular weight excluding hydrogens is 356 g/mol. The van der Waals surface area contributed by atoms with E-state index in [1.165, 1.54) is 0 Å². The number of carbonyl (C=O) groups excluding carboxylic acids is 1. The Balaban J connectivity index is 1.52. The van der Waals surface area contributed by atoms with Gasteiger partial charge in [0.05, 0.1) is 23.5 Å². The Morgan fingerprint density at radius 3 is 2.79 bits per heavy atom. The van der Waals surface area contributed by atoms with Gasteiger partial charge in [-0.25, -0.2) is 4.68 Å². The number of aromatic amines is 1. The molecule has 1 atom stereocenters. The first kappa shape index (κ1) is 17.9. The number of aliphatic hydroxyl groups is 1. The van der Waals surface area contributed by atoms with E-state index in [1.807, 2.05) is 31.2 Å². The van der Waals surface area contributed by atoms with E-state index in [1.54, 1.807) is 35.1 Å². The van der Waals surface area contributed by atoms with Crippen molar-refractivity contribution in [1.29, 1.82) is 0 Å². The predicted molar refractivity (Wildman–Crippen MR) is 105 cm³/mol. The van der Waals surface area contributed by atoms with Crippen LogP contribution >= 0.6 is 0 Å². The molecule has 2 aromatic carbocycles. The normalized spacial score (nSPS) is 12.2. The number of H-pyrrole nitrogens is 1. The molecule has 4 aromatic rings. The first-order valence-corrected chi connectivity index (χ1v) is 9.08. The molecule has 0 saturated heterocycles. The molecule has 0 saturated carbocycles. The summed E-state index contributed by atoms with van der Waals surface area (Å²) in [5.74, 6) is -0.221. The van der Waals surface area contributed by atoms with E-state index in [2.05, 4.69) is 25.8 Å². The van der Waals surface area contributed by atoms with Crippen LogP contribution in [0.4, 0.5) is 0 Å². The van der Waals surface area contributed by atoms with Crippen LogP contribution in [0, 0.1) is 0 Å². The highest BCUT2D eigenvalue weighted by Crippen LogP contribution is 2.24. The van der Waals surface area contributed by atoms with Gasteiger partial charge in [0.25, 0.3) is 5.91 Å². The van der Waals surface area contributed by atoms with Crippen molar-refractivity contribution in [2.45, 2.75) is 19.4 Å². The Morgan fingerprint density at radius 1 is 1.21 bits per heavy atom. The molecule has 1 unspecified atom stereocenters. The fraction of sp³-hybridized carbons (Fsp3) is 0.200. The molecule has 2 aromatic heterocycles. The van der Waals surface area contributed by atoms with E-state index in [4.69, 9.17) is 0 Å². The van der Waals surface area contributed by atoms with Crippen LogP contribution in [0.2, 0.25) is 0 Å². The number of para-hydroxylation sites is 1. The number of aliphatic hydroxyl groups excluding tert-OH is 1. The van der Waals surface area contributed by atoms with Gasteiger partial charge in [-0.3, -0.25) is 9.89 Å². The summed E-state index contributed by atoms with van der Waals surface area (Å²) in [6.45, 7) is 2.10. The summed E-state index contributed by atoms with van der Waals surface area (Å²) in [7, 11) is 0. The summed E-state index contributed by atoms with van der Waals surface area (Å²) in [4.78, 5) is 12.1. The van der Waals surface area contributed by atoms with E-state index in [-0.39, 0.29) is 12.5 Å². The van der Waals surface area contributed by atoms with E-state index in [0.29, 0.717) is 17.7 Å². The second-order valence-corrected chi connectivity index (χ2v) is 6.49. The molecule has 0 aliphatic rings. The molecule has 142 valence electrons. The van der Waals surface area contributed by atoms with Gasteiger partial charge in [-0.1, -0.05) is 30.3 Å². The number of fused-ring (bicyclic) bond motifs is 1. The number of nitrogens with one attached hydrogen (secondary N) is 2. The van der Waals surface area contributed by atoms with Crippen molar-refractivity contribution in [2.75, 3.05) is 6.54 Å². The van der Waals surface area contributed by atoms with Gasteiger partial charge in [0.1, 0.15) is 11.4 Å². The minimum atomic E-state index is -0.532. The van der Waals surface area contributed by atoms with Crippen molar-refractivity contribution in [3.8, 4) is 17.1 Å². The topological polar surface area (TPSA) is 109 Å². The molecule has 4 rings (SSSR count). The fourth-order valence-corrected chi connectivity index (χ4v) is 2.88. The Kier molecular flexibility index (Phi) is 4.86. The van der Waals surface area contributed by atoms with Crippen molar-refractivity contribution < 1.29 is 9.90 Å². The van der Waals surface area contributed by atoms with Crippen molar-refractivity contribution in [1.82, 2.24) is 30.5 Å². The number of amides is 1. The first-order chi connectivity index (χ1) is 13.7. The van der Waals surface area contributed by atoms with Crippen LogP contribution in [0.1, 0.15) is 23.7 Å². The van der Waals surface area contributed by atoms with Crippen LogP contribution in [0.25, 0.3) is 28.0 Å². The fourth-order valence-electron chi connectivity index (χ4n) is 2.88. The minimum absolute atomic E-state index is 0.221.